The minimum absolute atomic E-state index is 0.0336. The number of hydrogen-bond acceptors (Lipinski definition) is 4. The van der Waals surface area contributed by atoms with Crippen LogP contribution in [0, 0.1) is 0 Å². The molecule has 0 bridgehead atoms. The molecule has 5 heteroatoms. The molecule has 4 rings (SSSR count). The van der Waals surface area contributed by atoms with Crippen LogP contribution in [0.2, 0.25) is 0 Å². The summed E-state index contributed by atoms with van der Waals surface area (Å²) in [6.45, 7) is 4.52. The van der Waals surface area contributed by atoms with E-state index in [0.29, 0.717) is 19.8 Å². The molecule has 0 aromatic heterocycles. The molecule has 2 aromatic carbocycles. The van der Waals surface area contributed by atoms with Gasteiger partial charge < -0.3 is 19.1 Å². The predicted octanol–water partition coefficient (Wildman–Crippen LogP) is 4.23. The number of fused-ring (bicyclic) bond motifs is 1. The van der Waals surface area contributed by atoms with E-state index in [0.717, 1.165) is 47.8 Å². The molecule has 0 saturated carbocycles. The molecule has 2 aliphatic rings. The number of carbonyl (C=O) groups excluding carboxylic acids is 1. The summed E-state index contributed by atoms with van der Waals surface area (Å²) in [6, 6.07) is 13.8. The summed E-state index contributed by atoms with van der Waals surface area (Å²) in [5, 5.41) is 0. The van der Waals surface area contributed by atoms with Crippen molar-refractivity contribution in [3.63, 3.8) is 0 Å². The number of amides is 1. The third-order valence-corrected chi connectivity index (χ3v) is 5.10. The zero-order chi connectivity index (χ0) is 19.3. The number of ether oxygens (including phenoxy) is 3. The molecular formula is C23H25NO4. The molecule has 1 unspecified atom stereocenters. The van der Waals surface area contributed by atoms with Crippen molar-refractivity contribution < 1.29 is 19.0 Å². The van der Waals surface area contributed by atoms with Crippen LogP contribution in [-0.4, -0.2) is 37.2 Å². The van der Waals surface area contributed by atoms with Gasteiger partial charge in [-0.15, -0.1) is 0 Å². The highest BCUT2D eigenvalue weighted by Gasteiger charge is 2.29. The van der Waals surface area contributed by atoms with Crippen molar-refractivity contribution in [2.75, 3.05) is 26.4 Å². The van der Waals surface area contributed by atoms with Gasteiger partial charge >= 0.3 is 0 Å². The Balaban J connectivity index is 1.46. The maximum Gasteiger partial charge on any atom is 0.247 e. The van der Waals surface area contributed by atoms with E-state index in [1.165, 1.54) is 0 Å². The molecular weight excluding hydrogens is 354 g/mol. The lowest BCUT2D eigenvalue weighted by molar-refractivity contribution is -0.126. The van der Waals surface area contributed by atoms with E-state index in [1.54, 1.807) is 6.08 Å². The van der Waals surface area contributed by atoms with Crippen LogP contribution in [0.25, 0.3) is 6.08 Å². The van der Waals surface area contributed by atoms with Crippen molar-refractivity contribution in [2.45, 2.75) is 25.8 Å². The van der Waals surface area contributed by atoms with Crippen LogP contribution in [0.3, 0.4) is 0 Å². The van der Waals surface area contributed by atoms with Gasteiger partial charge in [0, 0.05) is 12.6 Å². The molecule has 28 heavy (non-hydrogen) atoms. The lowest BCUT2D eigenvalue weighted by atomic mass is 10.0. The van der Waals surface area contributed by atoms with Gasteiger partial charge in [0.15, 0.2) is 11.5 Å². The molecule has 5 nitrogen and oxygen atoms in total. The Morgan fingerprint density at radius 1 is 1.14 bits per heavy atom. The average molecular weight is 379 g/mol. The molecule has 1 amide bonds. The molecule has 2 heterocycles. The highest BCUT2D eigenvalue weighted by Crippen LogP contribution is 2.38. The zero-order valence-electron chi connectivity index (χ0n) is 16.1. The highest BCUT2D eigenvalue weighted by atomic mass is 16.6. The Hall–Kier alpha value is -2.95. The third-order valence-electron chi connectivity index (χ3n) is 5.10. The van der Waals surface area contributed by atoms with Gasteiger partial charge in [-0.2, -0.15) is 0 Å². The first-order valence-electron chi connectivity index (χ1n) is 9.85. The number of carbonyl (C=O) groups is 1. The number of hydrogen-bond donors (Lipinski definition) is 0. The van der Waals surface area contributed by atoms with Crippen molar-refractivity contribution in [3.8, 4) is 17.2 Å². The van der Waals surface area contributed by atoms with Gasteiger partial charge in [0.25, 0.3) is 0 Å². The van der Waals surface area contributed by atoms with Gasteiger partial charge in [-0.1, -0.05) is 18.2 Å². The molecule has 0 radical (unpaired) electrons. The van der Waals surface area contributed by atoms with E-state index in [4.69, 9.17) is 14.2 Å². The van der Waals surface area contributed by atoms with Crippen LogP contribution < -0.4 is 14.2 Å². The van der Waals surface area contributed by atoms with E-state index in [-0.39, 0.29) is 11.9 Å². The van der Waals surface area contributed by atoms with Gasteiger partial charge in [0.2, 0.25) is 5.91 Å². The lowest BCUT2D eigenvalue weighted by Crippen LogP contribution is -2.29. The molecule has 2 aliphatic heterocycles. The molecule has 2 aromatic rings. The average Bonchev–Trinajstić information content (AvgIpc) is 3.23. The fraction of sp³-hybridized carbons (Fsp3) is 0.348. The normalized spacial score (nSPS) is 18.5. The number of rotatable bonds is 5. The Morgan fingerprint density at radius 3 is 2.71 bits per heavy atom. The van der Waals surface area contributed by atoms with Crippen LogP contribution in [0.4, 0.5) is 0 Å². The minimum Gasteiger partial charge on any atom is -0.494 e. The van der Waals surface area contributed by atoms with E-state index in [9.17, 15) is 4.79 Å². The summed E-state index contributed by atoms with van der Waals surface area (Å²) in [5.74, 6) is 2.42. The summed E-state index contributed by atoms with van der Waals surface area (Å²) in [6.07, 6.45) is 5.48. The SMILES string of the molecule is CCOc1ccc(/C=C/C(=O)N2CCCC2c2ccc3c(c2)OCCO3)cc1. The van der Waals surface area contributed by atoms with E-state index in [2.05, 4.69) is 0 Å². The Labute approximate surface area is 165 Å². The summed E-state index contributed by atoms with van der Waals surface area (Å²) < 4.78 is 16.8. The van der Waals surface area contributed by atoms with Crippen LogP contribution in [0.1, 0.15) is 36.9 Å². The highest BCUT2D eigenvalue weighted by molar-refractivity contribution is 5.92. The van der Waals surface area contributed by atoms with Gasteiger partial charge in [-0.3, -0.25) is 4.79 Å². The molecule has 1 fully saturated rings. The van der Waals surface area contributed by atoms with E-state index in [1.807, 2.05) is 60.4 Å². The van der Waals surface area contributed by atoms with Crippen molar-refractivity contribution in [3.05, 3.63) is 59.7 Å². The largest absolute Gasteiger partial charge is 0.494 e. The fourth-order valence-corrected chi connectivity index (χ4v) is 3.75. The van der Waals surface area contributed by atoms with Crippen LogP contribution in [0.15, 0.2) is 48.5 Å². The van der Waals surface area contributed by atoms with Crippen molar-refractivity contribution in [1.29, 1.82) is 0 Å². The Kier molecular flexibility index (Phi) is 5.51. The number of likely N-dealkylation sites (tertiary alicyclic amines) is 1. The van der Waals surface area contributed by atoms with E-state index < -0.39 is 0 Å². The predicted molar refractivity (Wildman–Crippen MR) is 108 cm³/mol. The molecule has 146 valence electrons. The van der Waals surface area contributed by atoms with Gasteiger partial charge in [-0.25, -0.2) is 0 Å². The fourth-order valence-electron chi connectivity index (χ4n) is 3.75. The first-order chi connectivity index (χ1) is 13.7. The standard InChI is InChI=1S/C23H25NO4/c1-2-26-19-9-5-17(6-10-19)7-12-23(25)24-13-3-4-20(24)18-8-11-21-22(16-18)28-15-14-27-21/h5-12,16,20H,2-4,13-15H2,1H3/b12-7+. The van der Waals surface area contributed by atoms with Crippen LogP contribution >= 0.6 is 0 Å². The van der Waals surface area contributed by atoms with Crippen molar-refractivity contribution >= 4 is 12.0 Å². The van der Waals surface area contributed by atoms with Crippen molar-refractivity contribution in [2.24, 2.45) is 0 Å². The quantitative estimate of drug-likeness (QED) is 0.730. The molecule has 1 saturated heterocycles. The lowest BCUT2D eigenvalue weighted by Gasteiger charge is -2.26. The second-order valence-corrected chi connectivity index (χ2v) is 6.93. The van der Waals surface area contributed by atoms with Gasteiger partial charge in [0.05, 0.1) is 12.6 Å². The molecule has 0 N–H and O–H groups in total. The molecule has 1 atom stereocenters. The number of nitrogens with zero attached hydrogens (tertiary/aromatic N) is 1. The summed E-state index contributed by atoms with van der Waals surface area (Å²) in [7, 11) is 0. The monoisotopic (exact) mass is 379 g/mol. The van der Waals surface area contributed by atoms with Gasteiger partial charge in [-0.05, 0) is 61.2 Å². The minimum atomic E-state index is 0.0336. The third kappa shape index (κ3) is 3.98. The summed E-state index contributed by atoms with van der Waals surface area (Å²) >= 11 is 0. The smallest absolute Gasteiger partial charge is 0.247 e. The molecule has 0 spiro atoms. The number of benzene rings is 2. The maximum atomic E-state index is 12.8. The topological polar surface area (TPSA) is 48.0 Å². The summed E-state index contributed by atoms with van der Waals surface area (Å²) in [5.41, 5.74) is 2.08. The molecule has 0 aliphatic carbocycles. The van der Waals surface area contributed by atoms with Crippen LogP contribution in [0.5, 0.6) is 17.2 Å². The summed E-state index contributed by atoms with van der Waals surface area (Å²) in [4.78, 5) is 14.8. The zero-order valence-corrected chi connectivity index (χ0v) is 16.1. The Morgan fingerprint density at radius 2 is 1.93 bits per heavy atom. The van der Waals surface area contributed by atoms with Crippen LogP contribution in [-0.2, 0) is 4.79 Å². The van der Waals surface area contributed by atoms with E-state index >= 15 is 0 Å². The first kappa shape index (κ1) is 18.4. The van der Waals surface area contributed by atoms with Gasteiger partial charge in [0.1, 0.15) is 19.0 Å². The maximum absolute atomic E-state index is 12.8. The second kappa shape index (κ2) is 8.38. The Bertz CT molecular complexity index is 859. The van der Waals surface area contributed by atoms with Crippen molar-refractivity contribution in [1.82, 2.24) is 4.90 Å². The first-order valence-corrected chi connectivity index (χ1v) is 9.85. The second-order valence-electron chi connectivity index (χ2n) is 6.93.